The van der Waals surface area contributed by atoms with E-state index < -0.39 is 16.8 Å². The number of carbonyl (C=O) groups is 2. The van der Waals surface area contributed by atoms with Crippen LogP contribution in [-0.2, 0) is 14.3 Å². The quantitative estimate of drug-likeness (QED) is 0.518. The maximum Gasteiger partial charge on any atom is 0.336 e. The van der Waals surface area contributed by atoms with E-state index in [1.165, 1.54) is 13.2 Å². The van der Waals surface area contributed by atoms with Crippen LogP contribution in [0.5, 0.6) is 0 Å². The van der Waals surface area contributed by atoms with Gasteiger partial charge in [-0.05, 0) is 6.92 Å². The molecule has 1 aliphatic heterocycles. The molecule has 0 bridgehead atoms. The Kier molecular flexibility index (Phi) is 4.02. The third kappa shape index (κ3) is 2.76. The highest BCUT2D eigenvalue weighted by Crippen LogP contribution is 2.37. The molecule has 1 amide bonds. The highest BCUT2D eigenvalue weighted by molar-refractivity contribution is 5.96. The molecule has 2 rings (SSSR count). The van der Waals surface area contributed by atoms with E-state index in [1.54, 1.807) is 25.1 Å². The molecule has 1 N–H and O–H groups in total. The molecule has 0 aromatic heterocycles. The molecule has 1 heterocycles. The minimum absolute atomic E-state index is 0.0351. The Labute approximate surface area is 120 Å². The number of nitrogens with one attached hydrogen (secondary N) is 1. The Morgan fingerprint density at radius 3 is 2.71 bits per heavy atom. The number of allylic oxidation sites excluding steroid dienone is 1. The summed E-state index contributed by atoms with van der Waals surface area (Å²) < 4.78 is 4.73. The summed E-state index contributed by atoms with van der Waals surface area (Å²) >= 11 is 0. The molecule has 7 nitrogen and oxygen atoms in total. The largest absolute Gasteiger partial charge is 0.466 e. The number of nitro groups is 1. The van der Waals surface area contributed by atoms with Gasteiger partial charge < -0.3 is 10.1 Å². The first-order chi connectivity index (χ1) is 9.95. The lowest BCUT2D eigenvalue weighted by molar-refractivity contribution is -0.385. The molecule has 1 aromatic carbocycles. The summed E-state index contributed by atoms with van der Waals surface area (Å²) in [4.78, 5) is 34.3. The van der Waals surface area contributed by atoms with Gasteiger partial charge in [-0.1, -0.05) is 18.2 Å². The zero-order valence-electron chi connectivity index (χ0n) is 11.6. The molecule has 1 atom stereocenters. The number of ether oxygens (including phenoxy) is 1. The van der Waals surface area contributed by atoms with Crippen molar-refractivity contribution in [1.29, 1.82) is 0 Å². The molecule has 1 aromatic rings. The highest BCUT2D eigenvalue weighted by Gasteiger charge is 2.35. The smallest absolute Gasteiger partial charge is 0.336 e. The third-order valence-corrected chi connectivity index (χ3v) is 3.38. The maximum atomic E-state index is 11.9. The number of para-hydroxylation sites is 1. The van der Waals surface area contributed by atoms with Crippen LogP contribution in [0.1, 0.15) is 24.8 Å². The minimum Gasteiger partial charge on any atom is -0.466 e. The Bertz CT molecular complexity index is 651. The van der Waals surface area contributed by atoms with Crippen LogP contribution >= 0.6 is 0 Å². The molecule has 7 heteroatoms. The van der Waals surface area contributed by atoms with Gasteiger partial charge >= 0.3 is 5.97 Å². The van der Waals surface area contributed by atoms with E-state index in [0.29, 0.717) is 11.3 Å². The summed E-state index contributed by atoms with van der Waals surface area (Å²) in [6, 6.07) is 6.09. The molecule has 0 unspecified atom stereocenters. The van der Waals surface area contributed by atoms with Crippen molar-refractivity contribution in [3.05, 3.63) is 51.2 Å². The summed E-state index contributed by atoms with van der Waals surface area (Å²) in [6.07, 6.45) is -0.0351. The van der Waals surface area contributed by atoms with Gasteiger partial charge in [0.25, 0.3) is 5.69 Å². The third-order valence-electron chi connectivity index (χ3n) is 3.38. The van der Waals surface area contributed by atoms with E-state index in [-0.39, 0.29) is 23.6 Å². The van der Waals surface area contributed by atoms with E-state index in [2.05, 4.69) is 5.32 Å². The SMILES string of the molecule is COC(=O)C1=C(C)NC(=O)C[C@H]1c1ccccc1[N+](=O)[O-]. The van der Waals surface area contributed by atoms with Gasteiger partial charge in [0, 0.05) is 29.7 Å². The second kappa shape index (κ2) is 5.74. The fourth-order valence-corrected chi connectivity index (χ4v) is 2.50. The Balaban J connectivity index is 2.60. The first-order valence-corrected chi connectivity index (χ1v) is 6.28. The number of rotatable bonds is 3. The zero-order valence-corrected chi connectivity index (χ0v) is 11.6. The number of amides is 1. The predicted molar refractivity (Wildman–Crippen MR) is 73.3 cm³/mol. The standard InChI is InChI=1S/C14H14N2O5/c1-8-13(14(18)21-2)10(7-12(17)15-8)9-5-3-4-6-11(9)16(19)20/h3-6,10H,7H2,1-2H3,(H,15,17)/t10-/m0/s1. The van der Waals surface area contributed by atoms with Gasteiger partial charge in [0.2, 0.25) is 5.91 Å². The van der Waals surface area contributed by atoms with Crippen LogP contribution in [0.3, 0.4) is 0 Å². The van der Waals surface area contributed by atoms with E-state index in [9.17, 15) is 19.7 Å². The molecule has 0 spiro atoms. The van der Waals surface area contributed by atoms with Crippen molar-refractivity contribution in [3.63, 3.8) is 0 Å². The molecule has 21 heavy (non-hydrogen) atoms. The summed E-state index contributed by atoms with van der Waals surface area (Å²) in [6.45, 7) is 1.57. The fraction of sp³-hybridized carbons (Fsp3) is 0.286. The van der Waals surface area contributed by atoms with E-state index in [0.717, 1.165) is 0 Å². The topological polar surface area (TPSA) is 98.5 Å². The molecule has 0 aliphatic carbocycles. The normalized spacial score (nSPS) is 18.2. The van der Waals surface area contributed by atoms with Gasteiger partial charge in [0.05, 0.1) is 17.6 Å². The van der Waals surface area contributed by atoms with Crippen LogP contribution < -0.4 is 5.32 Å². The number of nitro benzene ring substituents is 1. The number of methoxy groups -OCH3 is 1. The second-order valence-corrected chi connectivity index (χ2v) is 4.65. The molecule has 0 saturated carbocycles. The van der Waals surface area contributed by atoms with E-state index in [1.807, 2.05) is 0 Å². The highest BCUT2D eigenvalue weighted by atomic mass is 16.6. The summed E-state index contributed by atoms with van der Waals surface area (Å²) in [5, 5.41) is 13.7. The molecular formula is C14H14N2O5. The summed E-state index contributed by atoms with van der Waals surface area (Å²) in [7, 11) is 1.23. The molecular weight excluding hydrogens is 276 g/mol. The molecule has 0 fully saturated rings. The molecule has 0 saturated heterocycles. The van der Waals surface area contributed by atoms with Gasteiger partial charge in [-0.2, -0.15) is 0 Å². The van der Waals surface area contributed by atoms with Crippen LogP contribution in [-0.4, -0.2) is 23.9 Å². The van der Waals surface area contributed by atoms with Crippen LogP contribution in [0.15, 0.2) is 35.5 Å². The summed E-state index contributed by atoms with van der Waals surface area (Å²) in [5.41, 5.74) is 0.816. The van der Waals surface area contributed by atoms with Crippen molar-refractivity contribution in [3.8, 4) is 0 Å². The van der Waals surface area contributed by atoms with Gasteiger partial charge in [-0.15, -0.1) is 0 Å². The first kappa shape index (κ1) is 14.7. The number of hydrogen-bond acceptors (Lipinski definition) is 5. The number of benzene rings is 1. The van der Waals surface area contributed by atoms with Crippen molar-refractivity contribution in [2.24, 2.45) is 0 Å². The fourth-order valence-electron chi connectivity index (χ4n) is 2.50. The monoisotopic (exact) mass is 290 g/mol. The number of hydrogen-bond donors (Lipinski definition) is 1. The van der Waals surface area contributed by atoms with Crippen LogP contribution in [0.2, 0.25) is 0 Å². The second-order valence-electron chi connectivity index (χ2n) is 4.65. The Morgan fingerprint density at radius 2 is 2.10 bits per heavy atom. The van der Waals surface area contributed by atoms with Gasteiger partial charge in [-0.25, -0.2) is 4.79 Å². The van der Waals surface area contributed by atoms with E-state index in [4.69, 9.17) is 4.74 Å². The number of carbonyl (C=O) groups excluding carboxylic acids is 2. The van der Waals surface area contributed by atoms with Gasteiger partial charge in [0.15, 0.2) is 0 Å². The lowest BCUT2D eigenvalue weighted by Gasteiger charge is -2.25. The van der Waals surface area contributed by atoms with Crippen molar-refractivity contribution in [2.45, 2.75) is 19.3 Å². The Hall–Kier alpha value is -2.70. The zero-order chi connectivity index (χ0) is 15.6. The predicted octanol–water partition coefficient (Wildman–Crippen LogP) is 1.65. The van der Waals surface area contributed by atoms with Gasteiger partial charge in [0.1, 0.15) is 0 Å². The molecule has 110 valence electrons. The summed E-state index contributed by atoms with van der Waals surface area (Å²) in [5.74, 6) is -1.58. The van der Waals surface area contributed by atoms with Crippen LogP contribution in [0.25, 0.3) is 0 Å². The van der Waals surface area contributed by atoms with Crippen LogP contribution in [0, 0.1) is 10.1 Å². The lowest BCUT2D eigenvalue weighted by atomic mass is 9.83. The number of nitrogens with zero attached hydrogens (tertiary/aromatic N) is 1. The Morgan fingerprint density at radius 1 is 1.43 bits per heavy atom. The van der Waals surface area contributed by atoms with E-state index >= 15 is 0 Å². The van der Waals surface area contributed by atoms with Crippen molar-refractivity contribution < 1.29 is 19.2 Å². The van der Waals surface area contributed by atoms with Crippen molar-refractivity contribution in [1.82, 2.24) is 5.32 Å². The first-order valence-electron chi connectivity index (χ1n) is 6.28. The minimum atomic E-state index is -0.687. The average molecular weight is 290 g/mol. The lowest BCUT2D eigenvalue weighted by Crippen LogP contribution is -2.34. The molecule has 1 aliphatic rings. The van der Waals surface area contributed by atoms with Crippen molar-refractivity contribution in [2.75, 3.05) is 7.11 Å². The van der Waals surface area contributed by atoms with Crippen LogP contribution in [0.4, 0.5) is 5.69 Å². The van der Waals surface area contributed by atoms with Gasteiger partial charge in [-0.3, -0.25) is 14.9 Å². The maximum absolute atomic E-state index is 11.9. The average Bonchev–Trinajstić information content (AvgIpc) is 2.45. The van der Waals surface area contributed by atoms with Crippen molar-refractivity contribution >= 4 is 17.6 Å². The number of esters is 1. The molecule has 0 radical (unpaired) electrons.